The van der Waals surface area contributed by atoms with Crippen LogP contribution in [0.1, 0.15) is 36.1 Å². The fraction of sp³-hybridized carbons (Fsp3) is 0.300. The number of benzene rings is 3. The number of aliphatic carboxylic acids is 1. The van der Waals surface area contributed by atoms with Crippen LogP contribution in [0, 0.1) is 6.92 Å². The Labute approximate surface area is 214 Å². The summed E-state index contributed by atoms with van der Waals surface area (Å²) in [7, 11) is 6.75. The summed E-state index contributed by atoms with van der Waals surface area (Å²) in [5.41, 5.74) is 4.90. The molecule has 0 aromatic heterocycles. The highest BCUT2D eigenvalue weighted by Crippen LogP contribution is 2.32. The van der Waals surface area contributed by atoms with Gasteiger partial charge in [0.05, 0.1) is 26.7 Å². The number of allylic oxidation sites excluding steroid dienone is 1. The van der Waals surface area contributed by atoms with Crippen LogP contribution in [0.4, 0.5) is 0 Å². The molecule has 0 saturated carbocycles. The number of hydrogen-bond donors (Lipinski definition) is 2. The number of nitrogens with one attached hydrogen (secondary N) is 1. The van der Waals surface area contributed by atoms with E-state index in [0.717, 1.165) is 33.8 Å². The van der Waals surface area contributed by atoms with Gasteiger partial charge in [-0.25, -0.2) is 0 Å². The van der Waals surface area contributed by atoms with Gasteiger partial charge in [0.1, 0.15) is 17.6 Å². The van der Waals surface area contributed by atoms with Crippen molar-refractivity contribution in [1.82, 2.24) is 5.32 Å². The normalized spacial score (nSPS) is 12.9. The highest BCUT2D eigenvalue weighted by molar-refractivity contribution is 5.77. The van der Waals surface area contributed by atoms with Gasteiger partial charge in [-0.3, -0.25) is 4.79 Å². The molecule has 36 heavy (non-hydrogen) atoms. The predicted molar refractivity (Wildman–Crippen MR) is 145 cm³/mol. The van der Waals surface area contributed by atoms with Crippen LogP contribution in [0.15, 0.2) is 84.4 Å². The van der Waals surface area contributed by atoms with Gasteiger partial charge in [0, 0.05) is 7.11 Å². The van der Waals surface area contributed by atoms with Gasteiger partial charge in [0.2, 0.25) is 0 Å². The van der Waals surface area contributed by atoms with Crippen molar-refractivity contribution in [2.75, 3.05) is 28.4 Å². The number of hydrogen-bond acceptors (Lipinski definition) is 5. The van der Waals surface area contributed by atoms with Crippen LogP contribution in [-0.4, -0.2) is 45.5 Å². The summed E-state index contributed by atoms with van der Waals surface area (Å²) < 4.78 is 15.9. The molecule has 0 heterocycles. The van der Waals surface area contributed by atoms with Gasteiger partial charge in [0.25, 0.3) is 0 Å². The topological polar surface area (TPSA) is 77.0 Å². The molecule has 0 bridgehead atoms. The number of methoxy groups -OCH3 is 3. The molecule has 0 radical (unpaired) electrons. The van der Waals surface area contributed by atoms with E-state index in [1.165, 1.54) is 5.56 Å². The van der Waals surface area contributed by atoms with Crippen LogP contribution in [0.5, 0.6) is 11.5 Å². The Bertz CT molecular complexity index is 1090. The Morgan fingerprint density at radius 2 is 1.39 bits per heavy atom. The van der Waals surface area contributed by atoms with Gasteiger partial charge in [-0.2, -0.15) is 0 Å². The van der Waals surface area contributed by atoms with Crippen molar-refractivity contribution in [3.05, 3.63) is 101 Å². The zero-order chi connectivity index (χ0) is 26.5. The number of carboxylic acid groups (broad SMARTS) is 1. The van der Waals surface area contributed by atoms with Crippen molar-refractivity contribution in [1.29, 1.82) is 0 Å². The summed E-state index contributed by atoms with van der Waals surface area (Å²) in [5, 5.41) is 12.8. The van der Waals surface area contributed by atoms with Gasteiger partial charge < -0.3 is 24.6 Å². The van der Waals surface area contributed by atoms with Crippen molar-refractivity contribution in [3.63, 3.8) is 0 Å². The Morgan fingerprint density at radius 3 is 1.83 bits per heavy atom. The lowest BCUT2D eigenvalue weighted by atomic mass is 9.88. The van der Waals surface area contributed by atoms with Crippen molar-refractivity contribution in [2.45, 2.75) is 32.4 Å². The predicted octanol–water partition coefficient (Wildman–Crippen LogP) is 5.92. The quantitative estimate of drug-likeness (QED) is 0.366. The maximum Gasteiger partial charge on any atom is 0.307 e. The molecule has 0 spiro atoms. The second kappa shape index (κ2) is 14.7. The Kier molecular flexibility index (Phi) is 11.7. The highest BCUT2D eigenvalue weighted by atomic mass is 16.5. The second-order valence-corrected chi connectivity index (χ2v) is 8.30. The molecular weight excluding hydrogens is 454 g/mol. The first-order chi connectivity index (χ1) is 17.3. The second-order valence-electron chi connectivity index (χ2n) is 8.30. The molecule has 0 aliphatic rings. The molecule has 3 aromatic carbocycles. The van der Waals surface area contributed by atoms with E-state index in [9.17, 15) is 9.90 Å². The summed E-state index contributed by atoms with van der Waals surface area (Å²) >= 11 is 0. The molecule has 2 unspecified atom stereocenters. The lowest BCUT2D eigenvalue weighted by Crippen LogP contribution is -2.36. The monoisotopic (exact) mass is 491 g/mol. The zero-order valence-electron chi connectivity index (χ0n) is 21.9. The van der Waals surface area contributed by atoms with Gasteiger partial charge in [-0.15, -0.1) is 0 Å². The minimum absolute atomic E-state index is 0.0734. The smallest absolute Gasteiger partial charge is 0.307 e. The summed E-state index contributed by atoms with van der Waals surface area (Å²) in [5.74, 6) is 0.803. The Balaban J connectivity index is 0.000000425. The maximum atomic E-state index is 11.6. The lowest BCUT2D eigenvalue weighted by Gasteiger charge is -2.29. The summed E-state index contributed by atoms with van der Waals surface area (Å²) in [6.07, 6.45) is -0.380. The van der Waals surface area contributed by atoms with Crippen LogP contribution >= 0.6 is 0 Å². The molecule has 0 fully saturated rings. The van der Waals surface area contributed by atoms with E-state index in [4.69, 9.17) is 14.2 Å². The van der Waals surface area contributed by atoms with E-state index >= 15 is 0 Å². The van der Waals surface area contributed by atoms with Crippen LogP contribution in [-0.2, 0) is 9.53 Å². The molecule has 6 nitrogen and oxygen atoms in total. The van der Waals surface area contributed by atoms with E-state index in [1.807, 2.05) is 92.8 Å². The van der Waals surface area contributed by atoms with E-state index in [2.05, 4.69) is 12.2 Å². The number of carbonyl (C=O) groups is 1. The van der Waals surface area contributed by atoms with E-state index < -0.39 is 5.97 Å². The average Bonchev–Trinajstić information content (AvgIpc) is 2.91. The maximum absolute atomic E-state index is 11.6. The molecule has 6 heteroatoms. The van der Waals surface area contributed by atoms with Crippen LogP contribution < -0.4 is 14.8 Å². The zero-order valence-corrected chi connectivity index (χ0v) is 21.9. The molecule has 3 aromatic rings. The molecule has 0 aliphatic heterocycles. The Morgan fingerprint density at radius 1 is 0.861 bits per heavy atom. The first-order valence-corrected chi connectivity index (χ1v) is 11.8. The van der Waals surface area contributed by atoms with E-state index in [0.29, 0.717) is 0 Å². The molecule has 3 rings (SSSR count). The summed E-state index contributed by atoms with van der Waals surface area (Å²) in [4.78, 5) is 11.6. The lowest BCUT2D eigenvalue weighted by molar-refractivity contribution is -0.136. The van der Waals surface area contributed by atoms with Crippen molar-refractivity contribution in [2.24, 2.45) is 0 Å². The third kappa shape index (κ3) is 8.26. The number of aryl methyl sites for hydroxylation is 1. The minimum Gasteiger partial charge on any atom is -0.497 e. The molecular formula is C30H37NO5. The molecule has 0 saturated heterocycles. The molecule has 0 aliphatic carbocycles. The summed E-state index contributed by atoms with van der Waals surface area (Å²) in [6.45, 7) is 4.00. The standard InChI is InChI=1S/C22H27NO4.C8H10O/c1-15(16-10-12-18(26-3)13-11-16)19(14-20(24)25)21(23-2)22(27-4)17-8-6-5-7-9-17;1-7-3-5-8(9-2)6-4-7/h5-13,21-23H,14H2,1-4H3,(H,24,25);3-6H,1-2H3/b19-15+;. The van der Waals surface area contributed by atoms with E-state index in [-0.39, 0.29) is 18.6 Å². The first kappa shape index (κ1) is 28.6. The van der Waals surface area contributed by atoms with Crippen LogP contribution in [0.2, 0.25) is 0 Å². The highest BCUT2D eigenvalue weighted by Gasteiger charge is 2.28. The minimum atomic E-state index is -0.874. The first-order valence-electron chi connectivity index (χ1n) is 11.8. The molecule has 192 valence electrons. The summed E-state index contributed by atoms with van der Waals surface area (Å²) in [6, 6.07) is 25.1. The molecule has 2 N–H and O–H groups in total. The fourth-order valence-corrected chi connectivity index (χ4v) is 3.96. The third-order valence-electron chi connectivity index (χ3n) is 5.97. The largest absolute Gasteiger partial charge is 0.497 e. The average molecular weight is 492 g/mol. The van der Waals surface area contributed by atoms with Crippen molar-refractivity contribution < 1.29 is 24.1 Å². The van der Waals surface area contributed by atoms with Crippen molar-refractivity contribution >= 4 is 11.5 Å². The number of likely N-dealkylation sites (N-methyl/N-ethyl adjacent to an activating group) is 1. The third-order valence-corrected chi connectivity index (χ3v) is 5.97. The van der Waals surface area contributed by atoms with E-state index in [1.54, 1.807) is 21.3 Å². The van der Waals surface area contributed by atoms with Gasteiger partial charge >= 0.3 is 5.97 Å². The van der Waals surface area contributed by atoms with Gasteiger partial charge in [-0.1, -0.05) is 60.2 Å². The Hall–Kier alpha value is -3.61. The van der Waals surface area contributed by atoms with Crippen LogP contribution in [0.25, 0.3) is 5.57 Å². The van der Waals surface area contributed by atoms with Crippen LogP contribution in [0.3, 0.4) is 0 Å². The molecule has 2 atom stereocenters. The number of carboxylic acids is 1. The fourth-order valence-electron chi connectivity index (χ4n) is 3.96. The number of ether oxygens (including phenoxy) is 3. The van der Waals surface area contributed by atoms with Gasteiger partial charge in [-0.05, 0) is 67.4 Å². The number of rotatable bonds is 10. The van der Waals surface area contributed by atoms with Crippen molar-refractivity contribution in [3.8, 4) is 11.5 Å². The SMILES string of the molecule is CNC(/C(CC(=O)O)=C(\C)c1ccc(OC)cc1)C(OC)c1ccccc1.COc1ccc(C)cc1. The van der Waals surface area contributed by atoms with Gasteiger partial charge in [0.15, 0.2) is 0 Å². The molecule has 0 amide bonds.